The lowest BCUT2D eigenvalue weighted by Gasteiger charge is -2.05. The van der Waals surface area contributed by atoms with Gasteiger partial charge in [-0.1, -0.05) is 30.7 Å². The topological polar surface area (TPSA) is 85.6 Å². The fourth-order valence-electron chi connectivity index (χ4n) is 2.47. The molecule has 3 rings (SSSR count). The lowest BCUT2D eigenvalue weighted by Crippen LogP contribution is -2.21. The third-order valence-electron chi connectivity index (χ3n) is 3.87. The minimum absolute atomic E-state index is 0.0304. The third kappa shape index (κ3) is 3.54. The van der Waals surface area contributed by atoms with Crippen molar-refractivity contribution in [1.82, 2.24) is 5.32 Å². The van der Waals surface area contributed by atoms with Gasteiger partial charge in [-0.25, -0.2) is 13.2 Å². The van der Waals surface area contributed by atoms with Gasteiger partial charge in [0.2, 0.25) is 0 Å². The highest BCUT2D eigenvalue weighted by Crippen LogP contribution is 2.35. The van der Waals surface area contributed by atoms with Gasteiger partial charge in [-0.15, -0.1) is 0 Å². The molecule has 26 heavy (non-hydrogen) atoms. The maximum atomic E-state index is 11.9. The standard InChI is InChI=1S/C18H16ClNO5S/c1-3-26(22,23)14-6-4-11(5-7-14)12-8-13-10-16(25-18(21)20-2)24-17(13)15(19)9-12/h4-10H,3H2,1-2H3,(H,20,21). The summed E-state index contributed by atoms with van der Waals surface area (Å²) in [5, 5.41) is 3.35. The van der Waals surface area contributed by atoms with Gasteiger partial charge in [0.1, 0.15) is 0 Å². The monoisotopic (exact) mass is 393 g/mol. The van der Waals surface area contributed by atoms with E-state index in [2.05, 4.69) is 5.32 Å². The van der Waals surface area contributed by atoms with Crippen molar-refractivity contribution in [1.29, 1.82) is 0 Å². The van der Waals surface area contributed by atoms with Crippen LogP contribution in [0, 0.1) is 0 Å². The molecule has 1 amide bonds. The molecule has 0 unspecified atom stereocenters. The molecule has 6 nitrogen and oxygen atoms in total. The highest BCUT2D eigenvalue weighted by atomic mass is 35.5. The molecule has 1 aromatic heterocycles. The molecule has 0 bridgehead atoms. The van der Waals surface area contributed by atoms with Crippen molar-refractivity contribution >= 4 is 38.5 Å². The van der Waals surface area contributed by atoms with Crippen LogP contribution in [-0.4, -0.2) is 27.3 Å². The van der Waals surface area contributed by atoms with E-state index in [9.17, 15) is 13.2 Å². The second kappa shape index (κ2) is 7.01. The molecule has 1 N–H and O–H groups in total. The first-order chi connectivity index (χ1) is 12.3. The molecule has 0 spiro atoms. The van der Waals surface area contributed by atoms with Gasteiger partial charge in [0.05, 0.1) is 15.7 Å². The van der Waals surface area contributed by atoms with Crippen molar-refractivity contribution in [3.05, 3.63) is 47.5 Å². The average Bonchev–Trinajstić information content (AvgIpc) is 3.04. The van der Waals surface area contributed by atoms with Gasteiger partial charge in [0.15, 0.2) is 15.4 Å². The molecule has 3 aromatic rings. The van der Waals surface area contributed by atoms with Crippen molar-refractivity contribution in [2.24, 2.45) is 0 Å². The number of ether oxygens (including phenoxy) is 1. The molecule has 0 aliphatic heterocycles. The molecule has 2 aromatic carbocycles. The first kappa shape index (κ1) is 18.3. The van der Waals surface area contributed by atoms with Crippen LogP contribution in [0.5, 0.6) is 5.95 Å². The molecule has 0 aliphatic rings. The minimum Gasteiger partial charge on any atom is -0.424 e. The Balaban J connectivity index is 1.99. The number of sulfone groups is 1. The van der Waals surface area contributed by atoms with E-state index >= 15 is 0 Å². The Kier molecular flexibility index (Phi) is 4.93. The van der Waals surface area contributed by atoms with E-state index in [-0.39, 0.29) is 16.6 Å². The van der Waals surface area contributed by atoms with Crippen molar-refractivity contribution in [3.8, 4) is 17.1 Å². The molecule has 0 fully saturated rings. The van der Waals surface area contributed by atoms with Crippen LogP contribution >= 0.6 is 11.6 Å². The van der Waals surface area contributed by atoms with E-state index in [1.54, 1.807) is 43.3 Å². The summed E-state index contributed by atoms with van der Waals surface area (Å²) in [6.45, 7) is 1.61. The zero-order valence-corrected chi connectivity index (χ0v) is 15.6. The summed E-state index contributed by atoms with van der Waals surface area (Å²) in [7, 11) is -1.80. The number of furan rings is 1. The van der Waals surface area contributed by atoms with E-state index < -0.39 is 15.9 Å². The average molecular weight is 394 g/mol. The maximum Gasteiger partial charge on any atom is 0.414 e. The summed E-state index contributed by atoms with van der Waals surface area (Å²) in [4.78, 5) is 11.6. The maximum absolute atomic E-state index is 11.9. The summed E-state index contributed by atoms with van der Waals surface area (Å²) in [6.07, 6.45) is -0.645. The number of halogens is 1. The largest absolute Gasteiger partial charge is 0.424 e. The van der Waals surface area contributed by atoms with Crippen molar-refractivity contribution in [2.45, 2.75) is 11.8 Å². The molecule has 136 valence electrons. The predicted molar refractivity (Wildman–Crippen MR) is 99.5 cm³/mol. The van der Waals surface area contributed by atoms with E-state index in [1.807, 2.05) is 6.07 Å². The molecule has 8 heteroatoms. The van der Waals surface area contributed by atoms with Gasteiger partial charge in [-0.3, -0.25) is 0 Å². The first-order valence-electron chi connectivity index (χ1n) is 7.80. The number of nitrogens with one attached hydrogen (secondary N) is 1. The summed E-state index contributed by atoms with van der Waals surface area (Å²) >= 11 is 6.28. The van der Waals surface area contributed by atoms with Crippen LogP contribution < -0.4 is 10.1 Å². The Morgan fingerprint density at radius 1 is 1.15 bits per heavy atom. The van der Waals surface area contributed by atoms with Crippen LogP contribution in [0.1, 0.15) is 6.92 Å². The normalized spacial score (nSPS) is 11.5. The first-order valence-corrected chi connectivity index (χ1v) is 9.83. The zero-order chi connectivity index (χ0) is 18.9. The van der Waals surface area contributed by atoms with Gasteiger partial charge in [0.25, 0.3) is 5.95 Å². The van der Waals surface area contributed by atoms with E-state index in [4.69, 9.17) is 20.8 Å². The number of benzene rings is 2. The predicted octanol–water partition coefficient (Wildman–Crippen LogP) is 4.27. The fraction of sp³-hybridized carbons (Fsp3) is 0.167. The molecule has 1 heterocycles. The van der Waals surface area contributed by atoms with E-state index in [0.29, 0.717) is 16.0 Å². The number of hydrogen-bond acceptors (Lipinski definition) is 5. The summed E-state index contributed by atoms with van der Waals surface area (Å²) in [6, 6.07) is 11.7. The number of carbonyl (C=O) groups is 1. The number of amides is 1. The Bertz CT molecular complexity index is 1070. The van der Waals surface area contributed by atoms with Crippen LogP contribution in [0.25, 0.3) is 22.1 Å². The molecule has 0 aliphatic carbocycles. The molecular weight excluding hydrogens is 378 g/mol. The Labute approximate surface area is 155 Å². The van der Waals surface area contributed by atoms with Crippen molar-refractivity contribution in [3.63, 3.8) is 0 Å². The van der Waals surface area contributed by atoms with Crippen molar-refractivity contribution in [2.75, 3.05) is 12.8 Å². The second-order valence-corrected chi connectivity index (χ2v) is 8.19. The van der Waals surface area contributed by atoms with Crippen LogP contribution in [-0.2, 0) is 9.84 Å². The quantitative estimate of drug-likeness (QED) is 0.715. The number of fused-ring (bicyclic) bond motifs is 1. The van der Waals surface area contributed by atoms with Gasteiger partial charge >= 0.3 is 6.09 Å². The SMILES string of the molecule is CCS(=O)(=O)c1ccc(-c2cc(Cl)c3oc(OC(=O)NC)cc3c2)cc1. The minimum atomic E-state index is -3.25. The van der Waals surface area contributed by atoms with Crippen LogP contribution in [0.15, 0.2) is 51.8 Å². The Morgan fingerprint density at radius 3 is 2.46 bits per heavy atom. The smallest absolute Gasteiger partial charge is 0.414 e. The molecule has 0 saturated carbocycles. The highest BCUT2D eigenvalue weighted by molar-refractivity contribution is 7.91. The lowest BCUT2D eigenvalue weighted by molar-refractivity contribution is 0.191. The van der Waals surface area contributed by atoms with E-state index in [1.165, 1.54) is 7.05 Å². The number of carbonyl (C=O) groups excluding carboxylic acids is 1. The molecule has 0 radical (unpaired) electrons. The second-order valence-electron chi connectivity index (χ2n) is 5.51. The van der Waals surface area contributed by atoms with Crippen molar-refractivity contribution < 1.29 is 22.4 Å². The summed E-state index contributed by atoms with van der Waals surface area (Å²) in [5.74, 6) is 0.0792. The summed E-state index contributed by atoms with van der Waals surface area (Å²) < 4.78 is 34.2. The van der Waals surface area contributed by atoms with Gasteiger partial charge in [0, 0.05) is 18.5 Å². The fourth-order valence-corrected chi connectivity index (χ4v) is 3.62. The summed E-state index contributed by atoms with van der Waals surface area (Å²) in [5.41, 5.74) is 1.99. The molecular formula is C18H16ClNO5S. The molecule has 0 atom stereocenters. The van der Waals surface area contributed by atoms with Crippen LogP contribution in [0.3, 0.4) is 0 Å². The Hall–Kier alpha value is -2.51. The number of rotatable bonds is 4. The van der Waals surface area contributed by atoms with Crippen LogP contribution in [0.4, 0.5) is 4.79 Å². The van der Waals surface area contributed by atoms with Gasteiger partial charge in [-0.2, -0.15) is 0 Å². The van der Waals surface area contributed by atoms with Gasteiger partial charge < -0.3 is 14.5 Å². The lowest BCUT2D eigenvalue weighted by atomic mass is 10.0. The zero-order valence-electron chi connectivity index (χ0n) is 14.1. The highest BCUT2D eigenvalue weighted by Gasteiger charge is 2.15. The van der Waals surface area contributed by atoms with Gasteiger partial charge in [-0.05, 0) is 35.4 Å². The van der Waals surface area contributed by atoms with Crippen LogP contribution in [0.2, 0.25) is 5.02 Å². The van der Waals surface area contributed by atoms with E-state index in [0.717, 1.165) is 11.1 Å². The number of hydrogen-bond donors (Lipinski definition) is 1. The molecule has 0 saturated heterocycles. The third-order valence-corrected chi connectivity index (χ3v) is 5.90. The Morgan fingerprint density at radius 2 is 1.85 bits per heavy atom.